The molecule has 0 saturated heterocycles. The summed E-state index contributed by atoms with van der Waals surface area (Å²) >= 11 is 2.79. The van der Waals surface area contributed by atoms with Gasteiger partial charge < -0.3 is 0 Å². The molecule has 0 saturated carbocycles. The molecule has 3 heteroatoms. The Morgan fingerprint density at radius 2 is 1.75 bits per heavy atom. The van der Waals surface area contributed by atoms with Gasteiger partial charge in [0.15, 0.2) is 0 Å². The molecule has 4 heavy (non-hydrogen) atoms. The van der Waals surface area contributed by atoms with Crippen LogP contribution in [0.15, 0.2) is 0 Å². The summed E-state index contributed by atoms with van der Waals surface area (Å²) in [5.41, 5.74) is 0. The monoisotopic (exact) mass is 224 g/mol. The molecule has 0 fully saturated rings. The second kappa shape index (κ2) is 8.84. The first kappa shape index (κ1) is 9.03. The minimum atomic E-state index is 0. The Labute approximate surface area is 66.1 Å². The van der Waals surface area contributed by atoms with E-state index in [1.54, 1.807) is 0 Å². The zero-order chi connectivity index (χ0) is 2.71. The van der Waals surface area contributed by atoms with Gasteiger partial charge in [-0.3, -0.25) is 0 Å². The molecule has 0 bridgehead atoms. The van der Waals surface area contributed by atoms with E-state index in [0.29, 0.717) is 0 Å². The van der Waals surface area contributed by atoms with Crippen molar-refractivity contribution in [3.8, 4) is 4.97 Å². The Morgan fingerprint density at radius 1 is 1.75 bits per heavy atom. The quantitative estimate of drug-likeness (QED) is 0.534. The molecule has 0 amide bonds. The van der Waals surface area contributed by atoms with Crippen LogP contribution in [0.2, 0.25) is 0 Å². The Balaban J connectivity index is 0. The van der Waals surface area contributed by atoms with Crippen molar-refractivity contribution in [3.05, 3.63) is 0 Å². The number of nitriles is 1. The number of rotatable bonds is 0. The summed E-state index contributed by atoms with van der Waals surface area (Å²) in [6.07, 6.45) is 0. The maximum atomic E-state index is 7.21. The summed E-state index contributed by atoms with van der Waals surface area (Å²) in [6, 6.07) is 0. The van der Waals surface area contributed by atoms with Crippen molar-refractivity contribution in [3.63, 3.8) is 0 Å². The fourth-order valence-corrected chi connectivity index (χ4v) is 0. The van der Waals surface area contributed by atoms with Gasteiger partial charge in [0.05, 0.1) is 0 Å². The molecule has 0 aliphatic carbocycles. The third-order valence-corrected chi connectivity index (χ3v) is 0. The van der Waals surface area contributed by atoms with Crippen LogP contribution in [-0.2, 0) is 16.0 Å². The van der Waals surface area contributed by atoms with Crippen molar-refractivity contribution in [1.29, 1.82) is 5.26 Å². The van der Waals surface area contributed by atoms with Crippen LogP contribution in [0.25, 0.3) is 0 Å². The molecule has 0 aromatic rings. The topological polar surface area (TPSA) is 23.8 Å². The summed E-state index contributed by atoms with van der Waals surface area (Å²) in [6.45, 7) is 0. The predicted molar refractivity (Wildman–Crippen MR) is 5.61 cm³/mol. The molecular formula is CFeNNd. The molecule has 0 radical (unpaired) electrons. The second-order valence-corrected chi connectivity index (χ2v) is 0.326. The normalized spacial score (nSPS) is 2.00. The zero-order valence-electron chi connectivity index (χ0n) is 1.80. The molecule has 0 heterocycles. The van der Waals surface area contributed by atoms with Gasteiger partial charge in [0.25, 0.3) is 0 Å². The number of hydrogen-bond acceptors (Lipinski definition) is 1. The van der Waals surface area contributed by atoms with Crippen molar-refractivity contribution >= 4 is 0 Å². The fourth-order valence-electron chi connectivity index (χ4n) is 0. The van der Waals surface area contributed by atoms with E-state index >= 15 is 0 Å². The fraction of sp³-hybridized carbons (Fsp3) is 0. The van der Waals surface area contributed by atoms with Crippen LogP contribution in [-0.4, -0.2) is 0 Å². The summed E-state index contributed by atoms with van der Waals surface area (Å²) in [5.74, 6) is 0. The average molecular weight is 226 g/mol. The zero-order valence-corrected chi connectivity index (χ0v) is 6.11. The van der Waals surface area contributed by atoms with Gasteiger partial charge >= 0.3 is 26.2 Å². The van der Waals surface area contributed by atoms with Crippen LogP contribution in [0.1, 0.15) is 0 Å². The number of nitrogens with zero attached hydrogens (tertiary/aromatic N) is 1. The SMILES string of the molecule is N#[C][Fe].[Nd]. The van der Waals surface area contributed by atoms with Gasteiger partial charge in [-0.25, -0.2) is 0 Å². The molecular weight excluding hydrogens is 226 g/mol. The van der Waals surface area contributed by atoms with Crippen LogP contribution >= 0.6 is 0 Å². The first-order valence-corrected chi connectivity index (χ1v) is 0.952. The van der Waals surface area contributed by atoms with E-state index in [4.69, 9.17) is 5.26 Å². The second-order valence-electron chi connectivity index (χ2n) is 0.0791. The smallest absolute Gasteiger partial charge is 0 e. The van der Waals surface area contributed by atoms with E-state index < -0.39 is 0 Å². The van der Waals surface area contributed by atoms with Gasteiger partial charge in [-0.2, -0.15) is 0 Å². The first-order valence-electron chi connectivity index (χ1n) is 0.400. The molecule has 0 aromatic heterocycles. The molecule has 0 aromatic carbocycles. The Hall–Kier alpha value is 1.36. The first-order chi connectivity index (χ1) is 1.41. The van der Waals surface area contributed by atoms with Crippen molar-refractivity contribution in [2.24, 2.45) is 0 Å². The maximum absolute atomic E-state index is 7.21. The van der Waals surface area contributed by atoms with Crippen molar-refractivity contribution in [2.75, 3.05) is 0 Å². The number of hydrogen-bond donors (Lipinski definition) is 0. The van der Waals surface area contributed by atoms with Gasteiger partial charge in [-0.15, -0.1) is 0 Å². The molecule has 0 unspecified atom stereocenters. The van der Waals surface area contributed by atoms with Gasteiger partial charge in [-0.1, -0.05) is 0 Å². The van der Waals surface area contributed by atoms with E-state index in [2.05, 4.69) is 16.0 Å². The third kappa shape index (κ3) is 10.1. The minimum absolute atomic E-state index is 0. The Kier molecular flexibility index (Phi) is 19.9. The van der Waals surface area contributed by atoms with Crippen LogP contribution < -0.4 is 0 Å². The van der Waals surface area contributed by atoms with E-state index in [9.17, 15) is 0 Å². The van der Waals surface area contributed by atoms with Crippen LogP contribution in [0, 0.1) is 51.1 Å². The predicted octanol–water partition coefficient (Wildman–Crippen LogP) is 0.0143. The van der Waals surface area contributed by atoms with E-state index in [1.165, 1.54) is 4.97 Å². The molecule has 0 N–H and O–H groups in total. The van der Waals surface area contributed by atoms with Crippen LogP contribution in [0.4, 0.5) is 0 Å². The summed E-state index contributed by atoms with van der Waals surface area (Å²) in [4.78, 5) is 1.50. The largest absolute Gasteiger partial charge is 0 e. The molecule has 0 rings (SSSR count). The standard InChI is InChI=1S/CN.Fe.Nd/c1-2;;. The van der Waals surface area contributed by atoms with Crippen molar-refractivity contribution in [2.45, 2.75) is 0 Å². The molecule has 0 spiro atoms. The molecule has 0 atom stereocenters. The average Bonchev–Trinajstić information content (AvgIpc) is 0.918. The molecule has 0 aliphatic rings. The molecule has 21 valence electrons. The van der Waals surface area contributed by atoms with Gasteiger partial charge in [0.1, 0.15) is 0 Å². The summed E-state index contributed by atoms with van der Waals surface area (Å²) in [7, 11) is 0. The minimum Gasteiger partial charge on any atom is 0 e. The van der Waals surface area contributed by atoms with E-state index in [0.717, 1.165) is 0 Å². The third-order valence-electron chi connectivity index (χ3n) is 0. The van der Waals surface area contributed by atoms with Crippen molar-refractivity contribution in [1.82, 2.24) is 0 Å². The maximum Gasteiger partial charge on any atom is 0 e. The van der Waals surface area contributed by atoms with Crippen LogP contribution in [0.3, 0.4) is 0 Å². The Morgan fingerprint density at radius 3 is 1.75 bits per heavy atom. The summed E-state index contributed by atoms with van der Waals surface area (Å²) in [5, 5.41) is 7.21. The van der Waals surface area contributed by atoms with Crippen LogP contribution in [0.5, 0.6) is 0 Å². The van der Waals surface area contributed by atoms with Gasteiger partial charge in [0.2, 0.25) is 0 Å². The van der Waals surface area contributed by atoms with E-state index in [-0.39, 0.29) is 40.8 Å². The molecule has 1 nitrogen and oxygen atoms in total. The van der Waals surface area contributed by atoms with Gasteiger partial charge in [-0.05, 0) is 0 Å². The molecule has 0 aliphatic heterocycles. The summed E-state index contributed by atoms with van der Waals surface area (Å²) < 4.78 is 0. The van der Waals surface area contributed by atoms with Gasteiger partial charge in [0, 0.05) is 40.8 Å². The van der Waals surface area contributed by atoms with Crippen molar-refractivity contribution < 1.29 is 56.9 Å². The Bertz CT molecular complexity index is 29.5. The van der Waals surface area contributed by atoms with E-state index in [1.807, 2.05) is 0 Å².